The van der Waals surface area contributed by atoms with E-state index >= 15 is 0 Å². The molecule has 0 aliphatic rings. The average molecular weight is 391 g/mol. The summed E-state index contributed by atoms with van der Waals surface area (Å²) in [5.74, 6) is -0.820. The smallest absolute Gasteiger partial charge is 0.344 e. The largest absolute Gasteiger partial charge is 0.481 e. The van der Waals surface area contributed by atoms with E-state index in [9.17, 15) is 14.4 Å². The highest BCUT2D eigenvalue weighted by atomic mass is 16.6. The van der Waals surface area contributed by atoms with Gasteiger partial charge in [0.15, 0.2) is 19.5 Å². The zero-order valence-electron chi connectivity index (χ0n) is 16.0. The fourth-order valence-electron chi connectivity index (χ4n) is 3.02. The van der Waals surface area contributed by atoms with Gasteiger partial charge in [-0.3, -0.25) is 9.59 Å². The number of aldehydes is 1. The first-order valence-corrected chi connectivity index (χ1v) is 9.18. The van der Waals surface area contributed by atoms with Crippen LogP contribution in [0.15, 0.2) is 66.7 Å². The maximum atomic E-state index is 12.2. The van der Waals surface area contributed by atoms with E-state index in [2.05, 4.69) is 5.32 Å². The predicted octanol–water partition coefficient (Wildman–Crippen LogP) is 3.45. The maximum absolute atomic E-state index is 12.2. The van der Waals surface area contributed by atoms with Gasteiger partial charge in [-0.25, -0.2) is 4.79 Å². The number of para-hydroxylation sites is 1. The first-order valence-electron chi connectivity index (χ1n) is 9.18. The molecule has 1 amide bonds. The normalized spacial score (nSPS) is 11.5. The monoisotopic (exact) mass is 391 g/mol. The van der Waals surface area contributed by atoms with E-state index in [1.54, 1.807) is 24.3 Å². The summed E-state index contributed by atoms with van der Waals surface area (Å²) in [6.45, 7) is 1.07. The van der Waals surface area contributed by atoms with Crippen LogP contribution in [0, 0.1) is 0 Å². The van der Waals surface area contributed by atoms with Crippen LogP contribution in [0.25, 0.3) is 10.8 Å². The van der Waals surface area contributed by atoms with Gasteiger partial charge in [0.05, 0.1) is 11.6 Å². The van der Waals surface area contributed by atoms with E-state index in [-0.39, 0.29) is 11.8 Å². The number of hydrogen-bond acceptors (Lipinski definition) is 5. The molecule has 0 unspecified atom stereocenters. The lowest BCUT2D eigenvalue weighted by Crippen LogP contribution is -2.32. The summed E-state index contributed by atoms with van der Waals surface area (Å²) in [4.78, 5) is 34.9. The number of esters is 1. The minimum Gasteiger partial charge on any atom is -0.481 e. The highest BCUT2D eigenvalue weighted by Gasteiger charge is 2.14. The first kappa shape index (κ1) is 20.1. The van der Waals surface area contributed by atoms with Gasteiger partial charge < -0.3 is 14.8 Å². The lowest BCUT2D eigenvalue weighted by molar-refractivity contribution is -0.150. The molecular formula is C23H21NO5. The highest BCUT2D eigenvalue weighted by Crippen LogP contribution is 2.24. The van der Waals surface area contributed by atoms with Gasteiger partial charge in [-0.1, -0.05) is 54.6 Å². The van der Waals surface area contributed by atoms with Gasteiger partial charge in [-0.15, -0.1) is 0 Å². The molecule has 0 radical (unpaired) electrons. The molecule has 6 heteroatoms. The molecular weight excluding hydrogens is 370 g/mol. The van der Waals surface area contributed by atoms with Crippen LogP contribution in [0.2, 0.25) is 0 Å². The molecule has 0 fully saturated rings. The third-order valence-electron chi connectivity index (χ3n) is 4.42. The molecule has 3 aromatic carbocycles. The van der Waals surface area contributed by atoms with Gasteiger partial charge >= 0.3 is 5.97 Å². The van der Waals surface area contributed by atoms with Crippen molar-refractivity contribution in [2.75, 3.05) is 13.2 Å². The van der Waals surface area contributed by atoms with Gasteiger partial charge in [-0.05, 0) is 35.4 Å². The molecule has 0 aliphatic carbocycles. The second-order valence-corrected chi connectivity index (χ2v) is 6.46. The van der Waals surface area contributed by atoms with Crippen molar-refractivity contribution in [3.8, 4) is 5.75 Å². The third kappa shape index (κ3) is 5.19. The standard InChI is InChI=1S/C23H21NO5/c1-16(19-11-6-9-17-7-2-4-10-20(17)19)24-22(26)14-29-23(27)15-28-21-12-5-3-8-18(21)13-25/h2-13,16H,14-15H2,1H3,(H,24,26)/t16-/m0/s1. The summed E-state index contributed by atoms with van der Waals surface area (Å²) >= 11 is 0. The van der Waals surface area contributed by atoms with Crippen LogP contribution in [0.1, 0.15) is 28.9 Å². The number of ether oxygens (including phenoxy) is 2. The Morgan fingerprint density at radius 2 is 1.69 bits per heavy atom. The molecule has 0 bridgehead atoms. The average Bonchev–Trinajstić information content (AvgIpc) is 2.76. The highest BCUT2D eigenvalue weighted by molar-refractivity contribution is 5.87. The van der Waals surface area contributed by atoms with Crippen molar-refractivity contribution in [1.29, 1.82) is 0 Å². The quantitative estimate of drug-likeness (QED) is 0.470. The SMILES string of the molecule is C[C@H](NC(=O)COC(=O)COc1ccccc1C=O)c1cccc2ccccc12. The minimum atomic E-state index is -0.696. The Bertz CT molecular complexity index is 1030. The number of hydrogen-bond donors (Lipinski definition) is 1. The summed E-state index contributed by atoms with van der Waals surface area (Å²) < 4.78 is 10.2. The Hall–Kier alpha value is -3.67. The molecule has 3 aromatic rings. The minimum absolute atomic E-state index is 0.247. The molecule has 1 atom stereocenters. The molecule has 0 spiro atoms. The molecule has 0 aromatic heterocycles. The summed E-state index contributed by atoms with van der Waals surface area (Å²) in [5.41, 5.74) is 1.32. The van der Waals surface area contributed by atoms with Crippen LogP contribution < -0.4 is 10.1 Å². The molecule has 0 saturated heterocycles. The van der Waals surface area contributed by atoms with Gasteiger partial charge in [0.2, 0.25) is 0 Å². The fraction of sp³-hybridized carbons (Fsp3) is 0.174. The van der Waals surface area contributed by atoms with Crippen LogP contribution in [-0.2, 0) is 14.3 Å². The van der Waals surface area contributed by atoms with E-state index in [0.717, 1.165) is 16.3 Å². The van der Waals surface area contributed by atoms with Gasteiger partial charge in [0.25, 0.3) is 5.91 Å². The summed E-state index contributed by atoms with van der Waals surface area (Å²) in [6, 6.07) is 20.1. The van der Waals surface area contributed by atoms with E-state index < -0.39 is 25.1 Å². The second-order valence-electron chi connectivity index (χ2n) is 6.46. The van der Waals surface area contributed by atoms with Crippen LogP contribution in [0.3, 0.4) is 0 Å². The van der Waals surface area contributed by atoms with Gasteiger partial charge in [-0.2, -0.15) is 0 Å². The van der Waals surface area contributed by atoms with Gasteiger partial charge in [0, 0.05) is 0 Å². The number of amides is 1. The van der Waals surface area contributed by atoms with E-state index in [0.29, 0.717) is 11.8 Å². The van der Waals surface area contributed by atoms with Crippen molar-refractivity contribution in [1.82, 2.24) is 5.32 Å². The first-order chi connectivity index (χ1) is 14.1. The topological polar surface area (TPSA) is 81.7 Å². The number of nitrogens with one attached hydrogen (secondary N) is 1. The molecule has 0 aliphatic heterocycles. The zero-order valence-corrected chi connectivity index (χ0v) is 16.0. The summed E-state index contributed by atoms with van der Waals surface area (Å²) in [7, 11) is 0. The Labute approximate surface area is 168 Å². The number of benzene rings is 3. The van der Waals surface area contributed by atoms with E-state index in [4.69, 9.17) is 9.47 Å². The Kier molecular flexibility index (Phi) is 6.58. The third-order valence-corrected chi connectivity index (χ3v) is 4.42. The fourth-order valence-corrected chi connectivity index (χ4v) is 3.02. The van der Waals surface area contributed by atoms with Crippen molar-refractivity contribution < 1.29 is 23.9 Å². The lowest BCUT2D eigenvalue weighted by atomic mass is 10.00. The van der Waals surface area contributed by atoms with Gasteiger partial charge in [0.1, 0.15) is 5.75 Å². The van der Waals surface area contributed by atoms with Crippen molar-refractivity contribution >= 4 is 28.9 Å². The van der Waals surface area contributed by atoms with Crippen molar-refractivity contribution in [3.05, 3.63) is 77.9 Å². The predicted molar refractivity (Wildman–Crippen MR) is 109 cm³/mol. The summed E-state index contributed by atoms with van der Waals surface area (Å²) in [6.07, 6.45) is 0.642. The Balaban J connectivity index is 1.50. The van der Waals surface area contributed by atoms with Crippen molar-refractivity contribution in [3.63, 3.8) is 0 Å². The van der Waals surface area contributed by atoms with Crippen molar-refractivity contribution in [2.24, 2.45) is 0 Å². The molecule has 29 heavy (non-hydrogen) atoms. The maximum Gasteiger partial charge on any atom is 0.344 e. The molecule has 148 valence electrons. The number of fused-ring (bicyclic) bond motifs is 1. The molecule has 3 rings (SSSR count). The number of carbonyl (C=O) groups is 3. The molecule has 1 N–H and O–H groups in total. The van der Waals surface area contributed by atoms with Crippen LogP contribution in [0.4, 0.5) is 0 Å². The zero-order chi connectivity index (χ0) is 20.6. The molecule has 6 nitrogen and oxygen atoms in total. The Morgan fingerprint density at radius 3 is 2.52 bits per heavy atom. The summed E-state index contributed by atoms with van der Waals surface area (Å²) in [5, 5.41) is 4.98. The second kappa shape index (κ2) is 9.50. The van der Waals surface area contributed by atoms with E-state index in [1.165, 1.54) is 0 Å². The van der Waals surface area contributed by atoms with Crippen molar-refractivity contribution in [2.45, 2.75) is 13.0 Å². The molecule has 0 heterocycles. The van der Waals surface area contributed by atoms with Crippen LogP contribution in [0.5, 0.6) is 5.75 Å². The van der Waals surface area contributed by atoms with Crippen LogP contribution in [-0.4, -0.2) is 31.4 Å². The number of rotatable bonds is 8. The lowest BCUT2D eigenvalue weighted by Gasteiger charge is -2.16. The van der Waals surface area contributed by atoms with Crippen LogP contribution >= 0.6 is 0 Å². The van der Waals surface area contributed by atoms with E-state index in [1.807, 2.05) is 49.4 Å². The molecule has 0 saturated carbocycles. The number of carbonyl (C=O) groups excluding carboxylic acids is 3. The Morgan fingerprint density at radius 1 is 0.966 bits per heavy atom.